The molecule has 1 aromatic carbocycles. The van der Waals surface area contributed by atoms with E-state index >= 15 is 0 Å². The predicted octanol–water partition coefficient (Wildman–Crippen LogP) is 3.70. The van der Waals surface area contributed by atoms with Crippen LogP contribution in [0.3, 0.4) is 0 Å². The molecule has 1 amide bonds. The van der Waals surface area contributed by atoms with Gasteiger partial charge in [0.05, 0.1) is 0 Å². The van der Waals surface area contributed by atoms with Crippen LogP contribution in [-0.2, 0) is 6.42 Å². The van der Waals surface area contributed by atoms with Crippen LogP contribution in [0.2, 0.25) is 0 Å². The monoisotopic (exact) mass is 352 g/mol. The van der Waals surface area contributed by atoms with E-state index in [-0.39, 0.29) is 5.91 Å². The lowest BCUT2D eigenvalue weighted by atomic mass is 9.90. The Bertz CT molecular complexity index is 724. The molecule has 0 bridgehead atoms. The zero-order valence-electron chi connectivity index (χ0n) is 15.7. The molecule has 2 heterocycles. The minimum Gasteiger partial charge on any atom is -0.370 e. The molecule has 26 heavy (non-hydrogen) atoms. The normalized spacial score (nSPS) is 15.1. The number of carbonyl (C=O) groups is 1. The average Bonchev–Trinajstić information content (AvgIpc) is 2.67. The van der Waals surface area contributed by atoms with E-state index in [1.54, 1.807) is 6.07 Å². The molecule has 5 heteroatoms. The van der Waals surface area contributed by atoms with Gasteiger partial charge in [0, 0.05) is 25.7 Å². The van der Waals surface area contributed by atoms with Crippen LogP contribution >= 0.6 is 0 Å². The highest BCUT2D eigenvalue weighted by atomic mass is 16.2. The number of aromatic nitrogens is 2. The fraction of sp³-hybridized carbons (Fsp3) is 0.476. The van der Waals surface area contributed by atoms with Crippen LogP contribution < -0.4 is 5.32 Å². The molecule has 1 aliphatic rings. The Morgan fingerprint density at radius 2 is 1.92 bits per heavy atom. The molecule has 1 aromatic heterocycles. The molecular weight excluding hydrogens is 324 g/mol. The Labute approximate surface area is 155 Å². The summed E-state index contributed by atoms with van der Waals surface area (Å²) >= 11 is 0. The standard InChI is InChI=1S/C21H28N4O/c1-3-11-22-20-15-19(23-16(2)24-20)21(26)25-12-9-18(10-13-25)14-17-7-5-4-6-8-17/h4-8,15,18H,3,9-14H2,1-2H3,(H,22,23,24). The minimum absolute atomic E-state index is 0.0215. The van der Waals surface area contributed by atoms with Gasteiger partial charge in [-0.1, -0.05) is 37.3 Å². The number of piperidine rings is 1. The van der Waals surface area contributed by atoms with Crippen molar-refractivity contribution in [1.82, 2.24) is 14.9 Å². The van der Waals surface area contributed by atoms with Crippen molar-refractivity contribution in [2.75, 3.05) is 25.0 Å². The van der Waals surface area contributed by atoms with Gasteiger partial charge in [-0.05, 0) is 44.1 Å². The second-order valence-electron chi connectivity index (χ2n) is 7.04. The number of nitrogens with zero attached hydrogens (tertiary/aromatic N) is 3. The number of rotatable bonds is 6. The molecule has 1 fully saturated rings. The van der Waals surface area contributed by atoms with Gasteiger partial charge in [-0.3, -0.25) is 4.79 Å². The van der Waals surface area contributed by atoms with Gasteiger partial charge in [-0.15, -0.1) is 0 Å². The van der Waals surface area contributed by atoms with Gasteiger partial charge in [-0.2, -0.15) is 0 Å². The molecular formula is C21H28N4O. The molecule has 0 saturated carbocycles. The third kappa shape index (κ3) is 4.81. The lowest BCUT2D eigenvalue weighted by molar-refractivity contribution is 0.0684. The van der Waals surface area contributed by atoms with Crippen molar-refractivity contribution in [2.24, 2.45) is 5.92 Å². The Morgan fingerprint density at radius 3 is 2.62 bits per heavy atom. The summed E-state index contributed by atoms with van der Waals surface area (Å²) < 4.78 is 0. The maximum atomic E-state index is 12.9. The molecule has 3 rings (SSSR count). The van der Waals surface area contributed by atoms with Crippen molar-refractivity contribution in [1.29, 1.82) is 0 Å². The molecule has 0 atom stereocenters. The molecule has 0 spiro atoms. The average molecular weight is 352 g/mol. The summed E-state index contributed by atoms with van der Waals surface area (Å²) in [6.07, 6.45) is 4.21. The first-order chi connectivity index (χ1) is 12.7. The van der Waals surface area contributed by atoms with Crippen molar-refractivity contribution in [3.8, 4) is 0 Å². The van der Waals surface area contributed by atoms with Gasteiger partial charge in [0.1, 0.15) is 17.3 Å². The van der Waals surface area contributed by atoms with Crippen LogP contribution in [-0.4, -0.2) is 40.4 Å². The van der Waals surface area contributed by atoms with E-state index in [1.807, 2.05) is 11.8 Å². The number of benzene rings is 1. The molecule has 0 aliphatic carbocycles. The summed E-state index contributed by atoms with van der Waals surface area (Å²) in [6, 6.07) is 12.4. The van der Waals surface area contributed by atoms with Crippen molar-refractivity contribution in [3.63, 3.8) is 0 Å². The largest absolute Gasteiger partial charge is 0.370 e. The number of hydrogen-bond acceptors (Lipinski definition) is 4. The lowest BCUT2D eigenvalue weighted by Gasteiger charge is -2.32. The number of nitrogens with one attached hydrogen (secondary N) is 1. The second-order valence-corrected chi connectivity index (χ2v) is 7.04. The Kier molecular flexibility index (Phi) is 6.21. The topological polar surface area (TPSA) is 58.1 Å². The van der Waals surface area contributed by atoms with Gasteiger partial charge in [0.2, 0.25) is 0 Å². The van der Waals surface area contributed by atoms with Gasteiger partial charge >= 0.3 is 0 Å². The molecule has 2 aromatic rings. The fourth-order valence-corrected chi connectivity index (χ4v) is 3.47. The van der Waals surface area contributed by atoms with Crippen molar-refractivity contribution in [3.05, 3.63) is 53.5 Å². The van der Waals surface area contributed by atoms with Gasteiger partial charge < -0.3 is 10.2 Å². The van der Waals surface area contributed by atoms with E-state index in [1.165, 1.54) is 5.56 Å². The predicted molar refractivity (Wildman–Crippen MR) is 104 cm³/mol. The molecule has 0 radical (unpaired) electrons. The summed E-state index contributed by atoms with van der Waals surface area (Å²) in [5, 5.41) is 3.25. The zero-order valence-corrected chi connectivity index (χ0v) is 15.7. The van der Waals surface area contributed by atoms with E-state index in [2.05, 4.69) is 52.5 Å². The number of carbonyl (C=O) groups excluding carboxylic acids is 1. The van der Waals surface area contributed by atoms with E-state index in [4.69, 9.17) is 0 Å². The van der Waals surface area contributed by atoms with Crippen molar-refractivity contribution < 1.29 is 4.79 Å². The third-order valence-corrected chi connectivity index (χ3v) is 4.88. The minimum atomic E-state index is 0.0215. The Morgan fingerprint density at radius 1 is 1.19 bits per heavy atom. The van der Waals surface area contributed by atoms with E-state index in [0.29, 0.717) is 17.4 Å². The summed E-state index contributed by atoms with van der Waals surface area (Å²) in [5.41, 5.74) is 1.88. The van der Waals surface area contributed by atoms with E-state index < -0.39 is 0 Å². The second kappa shape index (κ2) is 8.79. The molecule has 1 N–H and O–H groups in total. The van der Waals surface area contributed by atoms with Crippen molar-refractivity contribution in [2.45, 2.75) is 39.5 Å². The summed E-state index contributed by atoms with van der Waals surface area (Å²) in [5.74, 6) is 2.04. The first kappa shape index (κ1) is 18.4. The van der Waals surface area contributed by atoms with Crippen LogP contribution in [0.4, 0.5) is 5.82 Å². The summed E-state index contributed by atoms with van der Waals surface area (Å²) in [6.45, 7) is 6.38. The maximum Gasteiger partial charge on any atom is 0.272 e. The SMILES string of the molecule is CCCNc1cc(C(=O)N2CCC(Cc3ccccc3)CC2)nc(C)n1. The van der Waals surface area contributed by atoms with E-state index in [9.17, 15) is 4.79 Å². The highest BCUT2D eigenvalue weighted by Gasteiger charge is 2.25. The molecule has 1 saturated heterocycles. The number of hydrogen-bond donors (Lipinski definition) is 1. The maximum absolute atomic E-state index is 12.9. The smallest absolute Gasteiger partial charge is 0.272 e. The Balaban J connectivity index is 1.59. The molecule has 1 aliphatic heterocycles. The summed E-state index contributed by atoms with van der Waals surface area (Å²) in [4.78, 5) is 23.5. The third-order valence-electron chi connectivity index (χ3n) is 4.88. The molecule has 0 unspecified atom stereocenters. The fourth-order valence-electron chi connectivity index (χ4n) is 3.47. The Hall–Kier alpha value is -2.43. The van der Waals surface area contributed by atoms with Crippen LogP contribution in [0.1, 0.15) is 48.1 Å². The quantitative estimate of drug-likeness (QED) is 0.861. The summed E-state index contributed by atoms with van der Waals surface area (Å²) in [7, 11) is 0. The van der Waals surface area contributed by atoms with Gasteiger partial charge in [0.25, 0.3) is 5.91 Å². The van der Waals surface area contributed by atoms with Crippen molar-refractivity contribution >= 4 is 11.7 Å². The van der Waals surface area contributed by atoms with E-state index in [0.717, 1.165) is 51.1 Å². The highest BCUT2D eigenvalue weighted by Crippen LogP contribution is 2.23. The van der Waals surface area contributed by atoms with Crippen LogP contribution in [0.5, 0.6) is 0 Å². The first-order valence-corrected chi connectivity index (χ1v) is 9.58. The van der Waals surface area contributed by atoms with Crippen LogP contribution in [0, 0.1) is 12.8 Å². The van der Waals surface area contributed by atoms with Crippen LogP contribution in [0.15, 0.2) is 36.4 Å². The highest BCUT2D eigenvalue weighted by molar-refractivity contribution is 5.93. The zero-order chi connectivity index (χ0) is 18.4. The first-order valence-electron chi connectivity index (χ1n) is 9.58. The van der Waals surface area contributed by atoms with Crippen LogP contribution in [0.25, 0.3) is 0 Å². The number of anilines is 1. The molecule has 138 valence electrons. The van der Waals surface area contributed by atoms with Gasteiger partial charge in [0.15, 0.2) is 0 Å². The van der Waals surface area contributed by atoms with Gasteiger partial charge in [-0.25, -0.2) is 9.97 Å². The number of amides is 1. The molecule has 5 nitrogen and oxygen atoms in total. The lowest BCUT2D eigenvalue weighted by Crippen LogP contribution is -2.39. The number of likely N-dealkylation sites (tertiary alicyclic amines) is 1. The number of aryl methyl sites for hydroxylation is 1.